The zero-order chi connectivity index (χ0) is 13.2. The van der Waals surface area contributed by atoms with E-state index in [4.69, 9.17) is 4.52 Å². The van der Waals surface area contributed by atoms with Gasteiger partial charge >= 0.3 is 0 Å². The van der Waals surface area contributed by atoms with E-state index in [0.29, 0.717) is 11.8 Å². The van der Waals surface area contributed by atoms with Crippen molar-refractivity contribution in [2.24, 2.45) is 5.92 Å². The number of benzene rings is 1. The number of aromatic nitrogens is 2. The summed E-state index contributed by atoms with van der Waals surface area (Å²) < 4.78 is 5.43. The summed E-state index contributed by atoms with van der Waals surface area (Å²) in [7, 11) is 0. The van der Waals surface area contributed by atoms with Gasteiger partial charge in [-0.3, -0.25) is 0 Å². The monoisotopic (exact) mass is 257 g/mol. The van der Waals surface area contributed by atoms with Crippen molar-refractivity contribution >= 4 is 5.69 Å². The van der Waals surface area contributed by atoms with Crippen LogP contribution in [0.4, 0.5) is 5.69 Å². The van der Waals surface area contributed by atoms with Gasteiger partial charge in [-0.25, -0.2) is 0 Å². The minimum atomic E-state index is 0.539. The summed E-state index contributed by atoms with van der Waals surface area (Å²) in [5.74, 6) is 1.99. The summed E-state index contributed by atoms with van der Waals surface area (Å²) in [6.45, 7) is 5.35. The first-order valence-corrected chi connectivity index (χ1v) is 6.93. The van der Waals surface area contributed by atoms with E-state index >= 15 is 0 Å². The molecule has 0 fully saturated rings. The van der Waals surface area contributed by atoms with Crippen LogP contribution in [-0.2, 0) is 12.8 Å². The topological polar surface area (TPSA) is 51.0 Å². The van der Waals surface area contributed by atoms with Crippen molar-refractivity contribution in [3.05, 3.63) is 29.6 Å². The third-order valence-corrected chi connectivity index (χ3v) is 3.38. The highest BCUT2D eigenvalue weighted by Gasteiger charge is 2.18. The normalized spacial score (nSPS) is 14.3. The number of fused-ring (bicyclic) bond motifs is 1. The van der Waals surface area contributed by atoms with Crippen LogP contribution in [-0.4, -0.2) is 16.7 Å². The zero-order valence-electron chi connectivity index (χ0n) is 11.4. The second-order valence-corrected chi connectivity index (χ2v) is 5.48. The van der Waals surface area contributed by atoms with Crippen LogP contribution in [0.25, 0.3) is 11.5 Å². The van der Waals surface area contributed by atoms with Crippen molar-refractivity contribution in [2.75, 3.05) is 11.9 Å². The first kappa shape index (κ1) is 12.2. The Morgan fingerprint density at radius 1 is 1.37 bits per heavy atom. The summed E-state index contributed by atoms with van der Waals surface area (Å²) in [6, 6.07) is 6.22. The number of hydrogen-bond donors (Lipinski definition) is 1. The zero-order valence-corrected chi connectivity index (χ0v) is 11.4. The molecule has 4 heteroatoms. The third kappa shape index (κ3) is 2.48. The van der Waals surface area contributed by atoms with Crippen LogP contribution in [0.3, 0.4) is 0 Å². The lowest BCUT2D eigenvalue weighted by Gasteiger charge is -2.19. The highest BCUT2D eigenvalue weighted by molar-refractivity contribution is 5.69. The van der Waals surface area contributed by atoms with E-state index in [0.717, 1.165) is 37.2 Å². The molecule has 0 amide bonds. The van der Waals surface area contributed by atoms with E-state index in [1.165, 1.54) is 11.3 Å². The molecule has 0 saturated carbocycles. The van der Waals surface area contributed by atoms with Gasteiger partial charge < -0.3 is 9.84 Å². The van der Waals surface area contributed by atoms with Gasteiger partial charge in [0.15, 0.2) is 5.82 Å². The van der Waals surface area contributed by atoms with Crippen molar-refractivity contribution < 1.29 is 4.52 Å². The van der Waals surface area contributed by atoms with Crippen molar-refractivity contribution in [1.82, 2.24) is 10.1 Å². The van der Waals surface area contributed by atoms with Gasteiger partial charge in [0.2, 0.25) is 0 Å². The van der Waals surface area contributed by atoms with Gasteiger partial charge in [0, 0.05) is 24.2 Å². The van der Waals surface area contributed by atoms with Crippen molar-refractivity contribution in [3.8, 4) is 11.5 Å². The number of rotatable bonds is 3. The van der Waals surface area contributed by atoms with Gasteiger partial charge in [0.05, 0.1) is 0 Å². The van der Waals surface area contributed by atoms with E-state index in [-0.39, 0.29) is 0 Å². The largest absolute Gasteiger partial charge is 0.385 e. The quantitative estimate of drug-likeness (QED) is 0.916. The highest BCUT2D eigenvalue weighted by atomic mass is 16.5. The Bertz CT molecular complexity index is 575. The fourth-order valence-corrected chi connectivity index (χ4v) is 2.52. The molecule has 1 N–H and O–H groups in total. The van der Waals surface area contributed by atoms with Gasteiger partial charge in [-0.1, -0.05) is 25.1 Å². The average molecular weight is 257 g/mol. The molecule has 4 nitrogen and oxygen atoms in total. The van der Waals surface area contributed by atoms with Crippen LogP contribution < -0.4 is 5.32 Å². The summed E-state index contributed by atoms with van der Waals surface area (Å²) in [6.07, 6.45) is 3.08. The van der Waals surface area contributed by atoms with E-state index in [9.17, 15) is 0 Å². The summed E-state index contributed by atoms with van der Waals surface area (Å²) in [4.78, 5) is 4.52. The maximum absolute atomic E-state index is 5.43. The van der Waals surface area contributed by atoms with Crippen LogP contribution in [0.2, 0.25) is 0 Å². The molecule has 0 radical (unpaired) electrons. The minimum absolute atomic E-state index is 0.539. The summed E-state index contributed by atoms with van der Waals surface area (Å²) >= 11 is 0. The lowest BCUT2D eigenvalue weighted by Crippen LogP contribution is -2.12. The number of hydrogen-bond acceptors (Lipinski definition) is 4. The van der Waals surface area contributed by atoms with Gasteiger partial charge in [-0.15, -0.1) is 0 Å². The molecule has 3 rings (SSSR count). The second kappa shape index (κ2) is 5.03. The second-order valence-electron chi connectivity index (χ2n) is 5.48. The van der Waals surface area contributed by atoms with E-state index in [2.05, 4.69) is 41.4 Å². The molecule has 0 bridgehead atoms. The minimum Gasteiger partial charge on any atom is -0.385 e. The van der Waals surface area contributed by atoms with Gasteiger partial charge in [-0.05, 0) is 36.5 Å². The predicted molar refractivity (Wildman–Crippen MR) is 75.1 cm³/mol. The molecule has 0 atom stereocenters. The number of anilines is 1. The SMILES string of the molecule is CC(C)Cc1noc(-c2cccc3c2CCCN3)n1. The number of nitrogens with one attached hydrogen (secondary N) is 1. The Balaban J connectivity index is 1.95. The Kier molecular flexibility index (Phi) is 3.23. The molecule has 0 aliphatic carbocycles. The lowest BCUT2D eigenvalue weighted by atomic mass is 9.97. The fourth-order valence-electron chi connectivity index (χ4n) is 2.52. The molecule has 0 unspecified atom stereocenters. The molecule has 19 heavy (non-hydrogen) atoms. The molecule has 0 saturated heterocycles. The van der Waals surface area contributed by atoms with E-state index in [1.54, 1.807) is 0 Å². The Labute approximate surface area is 113 Å². The summed E-state index contributed by atoms with van der Waals surface area (Å²) in [5.41, 5.74) is 3.58. The van der Waals surface area contributed by atoms with Gasteiger partial charge in [0.25, 0.3) is 5.89 Å². The number of nitrogens with zero attached hydrogens (tertiary/aromatic N) is 2. The van der Waals surface area contributed by atoms with Gasteiger partial charge in [-0.2, -0.15) is 4.98 Å². The molecule has 1 aliphatic heterocycles. The van der Waals surface area contributed by atoms with Crippen molar-refractivity contribution in [1.29, 1.82) is 0 Å². The molecule has 2 aromatic rings. The Morgan fingerprint density at radius 2 is 2.26 bits per heavy atom. The van der Waals surface area contributed by atoms with Crippen LogP contribution >= 0.6 is 0 Å². The van der Waals surface area contributed by atoms with E-state index in [1.807, 2.05) is 6.07 Å². The molecular formula is C15H19N3O. The molecule has 1 aromatic heterocycles. The maximum Gasteiger partial charge on any atom is 0.258 e. The maximum atomic E-state index is 5.43. The van der Waals surface area contributed by atoms with Crippen LogP contribution in [0.5, 0.6) is 0 Å². The molecule has 1 aliphatic rings. The molecule has 2 heterocycles. The smallest absolute Gasteiger partial charge is 0.258 e. The molecule has 0 spiro atoms. The highest BCUT2D eigenvalue weighted by Crippen LogP contribution is 2.31. The molecule has 100 valence electrons. The summed E-state index contributed by atoms with van der Waals surface area (Å²) in [5, 5.41) is 7.50. The lowest BCUT2D eigenvalue weighted by molar-refractivity contribution is 0.417. The Morgan fingerprint density at radius 3 is 3.11 bits per heavy atom. The van der Waals surface area contributed by atoms with Crippen LogP contribution in [0.1, 0.15) is 31.7 Å². The van der Waals surface area contributed by atoms with Crippen LogP contribution in [0.15, 0.2) is 22.7 Å². The first-order valence-electron chi connectivity index (χ1n) is 6.93. The predicted octanol–water partition coefficient (Wildman–Crippen LogP) is 3.29. The molecule has 1 aromatic carbocycles. The van der Waals surface area contributed by atoms with Crippen molar-refractivity contribution in [2.45, 2.75) is 33.1 Å². The van der Waals surface area contributed by atoms with E-state index < -0.39 is 0 Å². The fraction of sp³-hybridized carbons (Fsp3) is 0.467. The standard InChI is InChI=1S/C15H19N3O/c1-10(2)9-14-17-15(19-18-14)12-5-3-7-13-11(12)6-4-8-16-13/h3,5,7,10,16H,4,6,8-9H2,1-2H3. The van der Waals surface area contributed by atoms with Crippen molar-refractivity contribution in [3.63, 3.8) is 0 Å². The van der Waals surface area contributed by atoms with Crippen LogP contribution in [0, 0.1) is 5.92 Å². The molecular weight excluding hydrogens is 238 g/mol. The average Bonchev–Trinajstić information content (AvgIpc) is 2.85. The third-order valence-electron chi connectivity index (χ3n) is 3.38. The Hall–Kier alpha value is -1.84. The first-order chi connectivity index (χ1) is 9.24. The van der Waals surface area contributed by atoms with Gasteiger partial charge in [0.1, 0.15) is 0 Å².